The summed E-state index contributed by atoms with van der Waals surface area (Å²) in [5.74, 6) is 0. The maximum Gasteiger partial charge on any atom is 0.0746 e. The molecule has 0 radical (unpaired) electrons. The van der Waals surface area contributed by atoms with E-state index in [-0.39, 0.29) is 12.4 Å². The molecule has 1 aliphatic rings. The quantitative estimate of drug-likeness (QED) is 0.625. The van der Waals surface area contributed by atoms with Crippen LogP contribution in [0.2, 0.25) is 0 Å². The van der Waals surface area contributed by atoms with Gasteiger partial charge in [-0.25, -0.2) is 0 Å². The Bertz CT molecular complexity index is 919. The van der Waals surface area contributed by atoms with Gasteiger partial charge in [-0.3, -0.25) is 9.97 Å². The first-order chi connectivity index (χ1) is 13.2. The summed E-state index contributed by atoms with van der Waals surface area (Å²) >= 11 is 0. The van der Waals surface area contributed by atoms with E-state index in [9.17, 15) is 0 Å². The number of aryl methyl sites for hydroxylation is 1. The van der Waals surface area contributed by atoms with Gasteiger partial charge < -0.3 is 15.0 Å². The van der Waals surface area contributed by atoms with Gasteiger partial charge in [0, 0.05) is 41.8 Å². The minimum Gasteiger partial charge on any atom is -0.380 e. The number of pyridine rings is 2. The predicted octanol–water partition coefficient (Wildman–Crippen LogP) is 5.11. The Morgan fingerprint density at radius 2 is 2.11 bits per heavy atom. The summed E-state index contributed by atoms with van der Waals surface area (Å²) in [7, 11) is 0. The fourth-order valence-electron chi connectivity index (χ4n) is 3.84. The molecule has 0 bridgehead atoms. The molecule has 0 unspecified atom stereocenters. The highest BCUT2D eigenvalue weighted by atomic mass is 35.5. The van der Waals surface area contributed by atoms with Gasteiger partial charge in [0.1, 0.15) is 0 Å². The van der Waals surface area contributed by atoms with E-state index in [2.05, 4.69) is 53.3 Å². The van der Waals surface area contributed by atoms with Crippen molar-refractivity contribution in [2.75, 3.05) is 30.0 Å². The minimum absolute atomic E-state index is 0. The average molecular weight is 399 g/mol. The van der Waals surface area contributed by atoms with E-state index < -0.39 is 0 Å². The lowest BCUT2D eigenvalue weighted by Gasteiger charge is -2.28. The zero-order valence-electron chi connectivity index (χ0n) is 16.4. The molecule has 1 aliphatic heterocycles. The van der Waals surface area contributed by atoms with Crippen LogP contribution in [0, 0.1) is 6.92 Å². The molecule has 1 atom stereocenters. The molecule has 0 saturated carbocycles. The van der Waals surface area contributed by atoms with Gasteiger partial charge in [0.2, 0.25) is 0 Å². The number of hydrogen-bond donors (Lipinski definition) is 1. The van der Waals surface area contributed by atoms with Crippen molar-refractivity contribution < 1.29 is 4.74 Å². The first kappa shape index (κ1) is 20.4. The van der Waals surface area contributed by atoms with Crippen LogP contribution in [0.25, 0.3) is 10.9 Å². The van der Waals surface area contributed by atoms with Gasteiger partial charge in [-0.2, -0.15) is 0 Å². The second-order valence-corrected chi connectivity index (χ2v) is 7.03. The van der Waals surface area contributed by atoms with Crippen molar-refractivity contribution in [3.8, 4) is 0 Å². The van der Waals surface area contributed by atoms with E-state index >= 15 is 0 Å². The summed E-state index contributed by atoms with van der Waals surface area (Å²) < 4.78 is 5.72. The second-order valence-electron chi connectivity index (χ2n) is 7.03. The molecule has 2 aromatic heterocycles. The van der Waals surface area contributed by atoms with Crippen LogP contribution >= 0.6 is 12.4 Å². The molecule has 0 amide bonds. The Morgan fingerprint density at radius 1 is 1.21 bits per heavy atom. The van der Waals surface area contributed by atoms with Crippen LogP contribution in [-0.2, 0) is 4.74 Å². The lowest BCUT2D eigenvalue weighted by Crippen LogP contribution is -2.33. The first-order valence-corrected chi connectivity index (χ1v) is 9.67. The van der Waals surface area contributed by atoms with Gasteiger partial charge in [-0.1, -0.05) is 0 Å². The molecule has 3 aromatic rings. The van der Waals surface area contributed by atoms with E-state index in [0.29, 0.717) is 6.04 Å². The van der Waals surface area contributed by atoms with Crippen LogP contribution in [0.15, 0.2) is 48.8 Å². The van der Waals surface area contributed by atoms with E-state index in [1.54, 1.807) is 6.20 Å². The number of nitrogens with zero attached hydrogens (tertiary/aromatic N) is 3. The summed E-state index contributed by atoms with van der Waals surface area (Å²) in [5, 5.41) is 4.60. The van der Waals surface area contributed by atoms with Crippen LogP contribution in [0.4, 0.5) is 17.1 Å². The Hall–Kier alpha value is -2.37. The molecule has 4 rings (SSSR count). The summed E-state index contributed by atoms with van der Waals surface area (Å²) in [6, 6.07) is 13.0. The zero-order valence-corrected chi connectivity index (χ0v) is 17.2. The molecule has 1 aromatic carbocycles. The molecular weight excluding hydrogens is 372 g/mol. The number of aromatic nitrogens is 2. The van der Waals surface area contributed by atoms with Crippen LogP contribution in [-0.4, -0.2) is 35.8 Å². The lowest BCUT2D eigenvalue weighted by molar-refractivity contribution is 0.134. The van der Waals surface area contributed by atoms with E-state index in [1.165, 1.54) is 23.9 Å². The number of halogens is 1. The normalized spacial score (nSPS) is 16.2. The molecule has 0 spiro atoms. The van der Waals surface area contributed by atoms with Crippen molar-refractivity contribution >= 4 is 40.4 Å². The number of nitrogens with one attached hydrogen (secondary N) is 1. The zero-order chi connectivity index (χ0) is 18.6. The van der Waals surface area contributed by atoms with Crippen molar-refractivity contribution in [2.45, 2.75) is 32.7 Å². The van der Waals surface area contributed by atoms with E-state index in [4.69, 9.17) is 9.72 Å². The summed E-state index contributed by atoms with van der Waals surface area (Å²) in [6.45, 7) is 6.76. The van der Waals surface area contributed by atoms with Crippen molar-refractivity contribution in [3.63, 3.8) is 0 Å². The Morgan fingerprint density at radius 3 is 2.89 bits per heavy atom. The molecule has 1 N–H and O–H groups in total. The minimum atomic E-state index is 0. The summed E-state index contributed by atoms with van der Waals surface area (Å²) in [6.07, 6.45) is 5.99. The number of hydrogen-bond acceptors (Lipinski definition) is 5. The number of fused-ring (bicyclic) bond motifs is 1. The number of ether oxygens (including phenoxy) is 1. The van der Waals surface area contributed by atoms with Crippen molar-refractivity contribution in [3.05, 3.63) is 54.5 Å². The highest BCUT2D eigenvalue weighted by Gasteiger charge is 2.26. The van der Waals surface area contributed by atoms with Crippen LogP contribution in [0.5, 0.6) is 0 Å². The molecule has 3 heterocycles. The van der Waals surface area contributed by atoms with Crippen LogP contribution in [0.3, 0.4) is 0 Å². The first-order valence-electron chi connectivity index (χ1n) is 9.67. The van der Waals surface area contributed by atoms with Crippen LogP contribution < -0.4 is 10.2 Å². The molecule has 1 saturated heterocycles. The van der Waals surface area contributed by atoms with E-state index in [0.717, 1.165) is 42.3 Å². The fourth-order valence-corrected chi connectivity index (χ4v) is 3.84. The number of anilines is 3. The van der Waals surface area contributed by atoms with Gasteiger partial charge in [0.05, 0.1) is 30.0 Å². The van der Waals surface area contributed by atoms with Gasteiger partial charge in [-0.05, 0) is 63.1 Å². The SMILES string of the molecule is CCOC[C@@H]1CCCN1c1cc(C)nc2cc(Nc3cccnc3)ccc12.Cl. The third kappa shape index (κ3) is 4.37. The number of rotatable bonds is 6. The molecular formula is C22H27ClN4O. The highest BCUT2D eigenvalue weighted by molar-refractivity contribution is 5.94. The van der Waals surface area contributed by atoms with Gasteiger partial charge >= 0.3 is 0 Å². The molecule has 0 aliphatic carbocycles. The summed E-state index contributed by atoms with van der Waals surface area (Å²) in [4.78, 5) is 11.4. The highest BCUT2D eigenvalue weighted by Crippen LogP contribution is 2.34. The maximum absolute atomic E-state index is 5.72. The molecule has 148 valence electrons. The third-order valence-electron chi connectivity index (χ3n) is 5.07. The molecule has 1 fully saturated rings. The topological polar surface area (TPSA) is 50.3 Å². The van der Waals surface area contributed by atoms with Gasteiger partial charge in [-0.15, -0.1) is 12.4 Å². The van der Waals surface area contributed by atoms with Crippen molar-refractivity contribution in [1.29, 1.82) is 0 Å². The third-order valence-corrected chi connectivity index (χ3v) is 5.07. The Balaban J connectivity index is 0.00000225. The molecule has 5 nitrogen and oxygen atoms in total. The standard InChI is InChI=1S/C22H26N4O.ClH/c1-3-27-15-19-7-5-11-26(19)22-12-16(2)24-21-13-17(8-9-20(21)22)25-18-6-4-10-23-14-18;/h4,6,8-10,12-14,19,25H,3,5,7,11,15H2,1-2H3;1H/t19-;/m0./s1. The van der Waals surface area contributed by atoms with E-state index in [1.807, 2.05) is 18.3 Å². The van der Waals surface area contributed by atoms with Crippen molar-refractivity contribution in [1.82, 2.24) is 9.97 Å². The maximum atomic E-state index is 5.72. The second kappa shape index (κ2) is 9.22. The Kier molecular flexibility index (Phi) is 6.70. The van der Waals surface area contributed by atoms with Gasteiger partial charge in [0.15, 0.2) is 0 Å². The largest absolute Gasteiger partial charge is 0.380 e. The Labute approximate surface area is 172 Å². The average Bonchev–Trinajstić information content (AvgIpc) is 3.14. The molecule has 6 heteroatoms. The predicted molar refractivity (Wildman–Crippen MR) is 118 cm³/mol. The lowest BCUT2D eigenvalue weighted by atomic mass is 10.1. The summed E-state index contributed by atoms with van der Waals surface area (Å²) in [5.41, 5.74) is 5.32. The monoisotopic (exact) mass is 398 g/mol. The smallest absolute Gasteiger partial charge is 0.0746 e. The van der Waals surface area contributed by atoms with Gasteiger partial charge in [0.25, 0.3) is 0 Å². The van der Waals surface area contributed by atoms with Crippen LogP contribution in [0.1, 0.15) is 25.5 Å². The molecule has 28 heavy (non-hydrogen) atoms. The van der Waals surface area contributed by atoms with Crippen molar-refractivity contribution in [2.24, 2.45) is 0 Å². The number of benzene rings is 1. The fraction of sp³-hybridized carbons (Fsp3) is 0.364.